The molecule has 0 aromatic rings. The summed E-state index contributed by atoms with van der Waals surface area (Å²) in [6.45, 7) is 10.7. The number of hydrogen-bond donors (Lipinski definition) is 0. The van der Waals surface area contributed by atoms with Crippen LogP contribution in [-0.2, 0) is 0 Å². The number of nitrogens with zero attached hydrogens (tertiary/aromatic N) is 1. The van der Waals surface area contributed by atoms with E-state index in [1.54, 1.807) is 5.57 Å². The van der Waals surface area contributed by atoms with Crippen LogP contribution in [0.25, 0.3) is 0 Å². The first-order valence-corrected chi connectivity index (χ1v) is 7.52. The fourth-order valence-corrected chi connectivity index (χ4v) is 3.30. The molecule has 0 saturated heterocycles. The van der Waals surface area contributed by atoms with Crippen LogP contribution in [0.3, 0.4) is 0 Å². The van der Waals surface area contributed by atoms with Gasteiger partial charge in [-0.05, 0) is 55.4 Å². The summed E-state index contributed by atoms with van der Waals surface area (Å²) in [6, 6.07) is 0. The lowest BCUT2D eigenvalue weighted by Gasteiger charge is -2.32. The highest BCUT2D eigenvalue weighted by Crippen LogP contribution is 2.40. The lowest BCUT2D eigenvalue weighted by Crippen LogP contribution is -2.22. The van der Waals surface area contributed by atoms with E-state index in [1.807, 2.05) is 0 Å². The summed E-state index contributed by atoms with van der Waals surface area (Å²) in [7, 11) is 2.23. The van der Waals surface area contributed by atoms with Crippen molar-refractivity contribution >= 4 is 0 Å². The second-order valence-corrected chi connectivity index (χ2v) is 6.99. The molecular weight excluding hydrogens is 218 g/mol. The summed E-state index contributed by atoms with van der Waals surface area (Å²) in [5.74, 6) is 1.73. The topological polar surface area (TPSA) is 3.24 Å². The Morgan fingerprint density at radius 1 is 1.28 bits per heavy atom. The Hall–Kier alpha value is -0.720. The third-order valence-corrected chi connectivity index (χ3v) is 5.18. The van der Waals surface area contributed by atoms with E-state index in [4.69, 9.17) is 0 Å². The van der Waals surface area contributed by atoms with E-state index in [0.29, 0.717) is 5.41 Å². The van der Waals surface area contributed by atoms with Gasteiger partial charge in [0.25, 0.3) is 0 Å². The van der Waals surface area contributed by atoms with Gasteiger partial charge >= 0.3 is 0 Å². The van der Waals surface area contributed by atoms with E-state index in [0.717, 1.165) is 11.8 Å². The Kier molecular flexibility index (Phi) is 3.89. The zero-order valence-electron chi connectivity index (χ0n) is 12.8. The van der Waals surface area contributed by atoms with Crippen molar-refractivity contribution in [3.63, 3.8) is 0 Å². The van der Waals surface area contributed by atoms with Gasteiger partial charge in [-0.25, -0.2) is 0 Å². The van der Waals surface area contributed by atoms with Gasteiger partial charge in [0.15, 0.2) is 0 Å². The summed E-state index contributed by atoms with van der Waals surface area (Å²) >= 11 is 0. The summed E-state index contributed by atoms with van der Waals surface area (Å²) in [5.41, 5.74) is 3.36. The predicted molar refractivity (Wildman–Crippen MR) is 79.4 cm³/mol. The number of hydrogen-bond acceptors (Lipinski definition) is 1. The molecule has 0 spiro atoms. The van der Waals surface area contributed by atoms with E-state index >= 15 is 0 Å². The van der Waals surface area contributed by atoms with Gasteiger partial charge in [0.2, 0.25) is 0 Å². The molecule has 2 aliphatic rings. The third kappa shape index (κ3) is 2.65. The van der Waals surface area contributed by atoms with E-state index in [9.17, 15) is 0 Å². The maximum atomic E-state index is 2.48. The molecule has 2 atom stereocenters. The second-order valence-electron chi connectivity index (χ2n) is 6.99. The van der Waals surface area contributed by atoms with Crippen LogP contribution in [-0.4, -0.2) is 18.5 Å². The van der Waals surface area contributed by atoms with Crippen LogP contribution in [0.5, 0.6) is 0 Å². The van der Waals surface area contributed by atoms with Crippen molar-refractivity contribution in [2.75, 3.05) is 13.6 Å². The first kappa shape index (κ1) is 13.7. The molecule has 2 rings (SSSR count). The van der Waals surface area contributed by atoms with Crippen LogP contribution in [0.1, 0.15) is 53.4 Å². The van der Waals surface area contributed by atoms with Gasteiger partial charge in [0.05, 0.1) is 0 Å². The smallest absolute Gasteiger partial charge is 0.0172 e. The first-order chi connectivity index (χ1) is 8.42. The van der Waals surface area contributed by atoms with E-state index < -0.39 is 0 Å². The molecule has 1 fully saturated rings. The van der Waals surface area contributed by atoms with E-state index in [-0.39, 0.29) is 0 Å². The SMILES string of the molecule is CC1=C(/C=C\C2CCC2C)C(C)(C)CCCN1C. The molecule has 1 aliphatic heterocycles. The highest BCUT2D eigenvalue weighted by atomic mass is 15.1. The van der Waals surface area contributed by atoms with Crippen molar-refractivity contribution in [3.05, 3.63) is 23.4 Å². The fraction of sp³-hybridized carbons (Fsp3) is 0.765. The van der Waals surface area contributed by atoms with Crippen LogP contribution < -0.4 is 0 Å². The summed E-state index contributed by atoms with van der Waals surface area (Å²) < 4.78 is 0. The number of allylic oxidation sites excluding steroid dienone is 4. The van der Waals surface area contributed by atoms with Crippen molar-refractivity contribution in [1.29, 1.82) is 0 Å². The first-order valence-electron chi connectivity index (χ1n) is 7.52. The Labute approximate surface area is 113 Å². The molecule has 1 saturated carbocycles. The second kappa shape index (κ2) is 5.11. The molecule has 0 bridgehead atoms. The standard InChI is InChI=1S/C17H29N/c1-13-7-8-15(13)9-10-16-14(2)18(5)12-6-11-17(16,3)4/h9-10,13,15H,6-8,11-12H2,1-5H3/b10-9-. The third-order valence-electron chi connectivity index (χ3n) is 5.18. The summed E-state index contributed by atoms with van der Waals surface area (Å²) in [4.78, 5) is 2.43. The van der Waals surface area contributed by atoms with Crippen LogP contribution in [0, 0.1) is 17.3 Å². The van der Waals surface area contributed by atoms with E-state index in [1.165, 1.54) is 37.9 Å². The maximum absolute atomic E-state index is 2.48. The highest BCUT2D eigenvalue weighted by molar-refractivity contribution is 5.31. The zero-order valence-corrected chi connectivity index (χ0v) is 12.8. The molecule has 1 heteroatoms. The summed E-state index contributed by atoms with van der Waals surface area (Å²) in [6.07, 6.45) is 10.3. The van der Waals surface area contributed by atoms with Crippen molar-refractivity contribution in [1.82, 2.24) is 4.90 Å². The molecule has 18 heavy (non-hydrogen) atoms. The van der Waals surface area contributed by atoms with Crippen molar-refractivity contribution < 1.29 is 0 Å². The minimum atomic E-state index is 0.332. The molecule has 0 aromatic heterocycles. The van der Waals surface area contributed by atoms with Gasteiger partial charge < -0.3 is 4.90 Å². The molecule has 0 amide bonds. The van der Waals surface area contributed by atoms with Gasteiger partial charge in [-0.3, -0.25) is 0 Å². The molecule has 1 nitrogen and oxygen atoms in total. The molecule has 1 heterocycles. The minimum Gasteiger partial charge on any atom is -0.378 e. The number of rotatable bonds is 2. The zero-order chi connectivity index (χ0) is 13.3. The average Bonchev–Trinajstić information content (AvgIpc) is 2.38. The van der Waals surface area contributed by atoms with Gasteiger partial charge in [-0.15, -0.1) is 0 Å². The van der Waals surface area contributed by atoms with Gasteiger partial charge in [-0.2, -0.15) is 0 Å². The molecular formula is C17H29N. The largest absolute Gasteiger partial charge is 0.378 e. The fourth-order valence-electron chi connectivity index (χ4n) is 3.30. The molecule has 0 aromatic carbocycles. The Balaban J connectivity index is 2.21. The lowest BCUT2D eigenvalue weighted by atomic mass is 9.73. The molecule has 102 valence electrons. The molecule has 0 N–H and O–H groups in total. The quantitative estimate of drug-likeness (QED) is 0.688. The predicted octanol–water partition coefficient (Wildman–Crippen LogP) is 4.61. The van der Waals surface area contributed by atoms with Crippen LogP contribution in [0.2, 0.25) is 0 Å². The van der Waals surface area contributed by atoms with Crippen LogP contribution in [0.15, 0.2) is 23.4 Å². The van der Waals surface area contributed by atoms with Gasteiger partial charge in [0, 0.05) is 19.3 Å². The minimum absolute atomic E-state index is 0.332. The van der Waals surface area contributed by atoms with Crippen LogP contribution >= 0.6 is 0 Å². The van der Waals surface area contributed by atoms with Gasteiger partial charge in [-0.1, -0.05) is 32.9 Å². The van der Waals surface area contributed by atoms with Crippen molar-refractivity contribution in [3.8, 4) is 0 Å². The van der Waals surface area contributed by atoms with E-state index in [2.05, 4.69) is 51.8 Å². The Bertz CT molecular complexity index is 362. The van der Waals surface area contributed by atoms with Gasteiger partial charge in [0.1, 0.15) is 0 Å². The molecule has 1 aliphatic carbocycles. The summed E-state index contributed by atoms with van der Waals surface area (Å²) in [5, 5.41) is 0. The Morgan fingerprint density at radius 2 is 2.00 bits per heavy atom. The maximum Gasteiger partial charge on any atom is 0.0172 e. The highest BCUT2D eigenvalue weighted by Gasteiger charge is 2.28. The molecule has 2 unspecified atom stereocenters. The van der Waals surface area contributed by atoms with Crippen LogP contribution in [0.4, 0.5) is 0 Å². The molecule has 0 radical (unpaired) electrons. The van der Waals surface area contributed by atoms with Crippen molar-refractivity contribution in [2.24, 2.45) is 17.3 Å². The monoisotopic (exact) mass is 247 g/mol. The average molecular weight is 247 g/mol. The Morgan fingerprint density at radius 3 is 2.56 bits per heavy atom. The normalized spacial score (nSPS) is 32.6. The van der Waals surface area contributed by atoms with Crippen molar-refractivity contribution in [2.45, 2.75) is 53.4 Å². The lowest BCUT2D eigenvalue weighted by molar-refractivity contribution is 0.251.